The Morgan fingerprint density at radius 2 is 1.59 bits per heavy atom. The fraction of sp³-hybridized carbons (Fsp3) is 0.200. The van der Waals surface area contributed by atoms with Crippen molar-refractivity contribution in [1.29, 1.82) is 0 Å². The van der Waals surface area contributed by atoms with E-state index >= 15 is 0 Å². The molecule has 0 atom stereocenters. The smallest absolute Gasteiger partial charge is 0.0342 e. The zero-order valence-corrected chi connectivity index (χ0v) is 13.7. The monoisotopic (exact) mass is 307 g/mol. The fourth-order valence-corrected chi connectivity index (χ4v) is 3.38. The van der Waals surface area contributed by atoms with E-state index in [1.807, 2.05) is 0 Å². The van der Waals surface area contributed by atoms with Crippen LogP contribution in [-0.4, -0.2) is 0 Å². The van der Waals surface area contributed by atoms with Gasteiger partial charge in [0.15, 0.2) is 0 Å². The molecular formula is C20H21NS. The average molecular weight is 307 g/mol. The number of nitrogens with one attached hydrogen (secondary N) is 1. The van der Waals surface area contributed by atoms with Crippen LogP contribution in [0.25, 0.3) is 10.4 Å². The molecule has 1 nitrogen and oxygen atoms in total. The van der Waals surface area contributed by atoms with E-state index in [1.165, 1.54) is 27.1 Å². The Labute approximate surface area is 136 Å². The van der Waals surface area contributed by atoms with Crippen molar-refractivity contribution in [3.8, 4) is 10.4 Å². The Morgan fingerprint density at radius 1 is 0.818 bits per heavy atom. The molecule has 0 bridgehead atoms. The van der Waals surface area contributed by atoms with Crippen molar-refractivity contribution in [3.05, 3.63) is 82.7 Å². The van der Waals surface area contributed by atoms with Crippen LogP contribution in [-0.2, 0) is 19.5 Å². The van der Waals surface area contributed by atoms with Crippen LogP contribution < -0.4 is 5.32 Å². The summed E-state index contributed by atoms with van der Waals surface area (Å²) in [7, 11) is 0. The normalized spacial score (nSPS) is 10.8. The summed E-state index contributed by atoms with van der Waals surface area (Å²) in [5.74, 6) is 0. The molecule has 3 rings (SSSR count). The van der Waals surface area contributed by atoms with Gasteiger partial charge in [-0.2, -0.15) is 0 Å². The van der Waals surface area contributed by atoms with E-state index in [-0.39, 0.29) is 0 Å². The highest BCUT2D eigenvalue weighted by molar-refractivity contribution is 7.13. The SMILES string of the molecule is CCc1ccccc1CNCc1ccc(-c2cccs2)cc1. The van der Waals surface area contributed by atoms with Crippen molar-refractivity contribution >= 4 is 11.3 Å². The van der Waals surface area contributed by atoms with Gasteiger partial charge in [-0.05, 0) is 40.1 Å². The van der Waals surface area contributed by atoms with Gasteiger partial charge >= 0.3 is 0 Å². The predicted octanol–water partition coefficient (Wildman–Crippen LogP) is 5.27. The summed E-state index contributed by atoms with van der Waals surface area (Å²) in [4.78, 5) is 1.33. The van der Waals surface area contributed by atoms with E-state index in [9.17, 15) is 0 Å². The van der Waals surface area contributed by atoms with Crippen molar-refractivity contribution in [2.45, 2.75) is 26.4 Å². The minimum atomic E-state index is 0.906. The lowest BCUT2D eigenvalue weighted by Crippen LogP contribution is -2.13. The number of aryl methyl sites for hydroxylation is 1. The quantitative estimate of drug-likeness (QED) is 0.654. The van der Waals surface area contributed by atoms with Crippen LogP contribution in [0.1, 0.15) is 23.6 Å². The Balaban J connectivity index is 1.58. The van der Waals surface area contributed by atoms with Gasteiger partial charge in [-0.25, -0.2) is 0 Å². The lowest BCUT2D eigenvalue weighted by atomic mass is 10.1. The Morgan fingerprint density at radius 3 is 2.27 bits per heavy atom. The van der Waals surface area contributed by atoms with Gasteiger partial charge in [-0.3, -0.25) is 0 Å². The van der Waals surface area contributed by atoms with Crippen molar-refractivity contribution in [1.82, 2.24) is 5.32 Å². The summed E-state index contributed by atoms with van der Waals surface area (Å²) in [5, 5.41) is 5.67. The van der Waals surface area contributed by atoms with Crippen LogP contribution in [0.4, 0.5) is 0 Å². The maximum atomic E-state index is 3.55. The molecule has 0 amide bonds. The molecular weight excluding hydrogens is 286 g/mol. The molecule has 0 saturated carbocycles. The first-order valence-electron chi connectivity index (χ1n) is 7.77. The van der Waals surface area contributed by atoms with Crippen molar-refractivity contribution in [2.24, 2.45) is 0 Å². The van der Waals surface area contributed by atoms with E-state index in [1.54, 1.807) is 11.3 Å². The second-order valence-corrected chi connectivity index (χ2v) is 6.35. The van der Waals surface area contributed by atoms with Crippen LogP contribution in [0.2, 0.25) is 0 Å². The molecule has 0 fully saturated rings. The van der Waals surface area contributed by atoms with Gasteiger partial charge < -0.3 is 5.32 Å². The molecule has 0 aliphatic heterocycles. The maximum absolute atomic E-state index is 3.55. The van der Waals surface area contributed by atoms with Gasteiger partial charge in [-0.1, -0.05) is 61.5 Å². The molecule has 0 unspecified atom stereocenters. The summed E-state index contributed by atoms with van der Waals surface area (Å²) in [6, 6.07) is 21.8. The van der Waals surface area contributed by atoms with Crippen molar-refractivity contribution in [2.75, 3.05) is 0 Å². The molecule has 0 aliphatic rings. The minimum Gasteiger partial charge on any atom is -0.309 e. The minimum absolute atomic E-state index is 0.906. The first-order valence-corrected chi connectivity index (χ1v) is 8.65. The van der Waals surface area contributed by atoms with Gasteiger partial charge in [0.2, 0.25) is 0 Å². The second kappa shape index (κ2) is 7.39. The van der Waals surface area contributed by atoms with Crippen LogP contribution >= 0.6 is 11.3 Å². The molecule has 1 heterocycles. The number of rotatable bonds is 6. The van der Waals surface area contributed by atoms with Gasteiger partial charge in [0.1, 0.15) is 0 Å². The molecule has 112 valence electrons. The first kappa shape index (κ1) is 15.0. The molecule has 0 spiro atoms. The van der Waals surface area contributed by atoms with Crippen LogP contribution in [0.3, 0.4) is 0 Å². The third kappa shape index (κ3) is 3.65. The summed E-state index contributed by atoms with van der Waals surface area (Å²) in [5.41, 5.74) is 5.47. The van der Waals surface area contributed by atoms with Crippen molar-refractivity contribution < 1.29 is 0 Å². The predicted molar refractivity (Wildman–Crippen MR) is 96.1 cm³/mol. The molecule has 0 saturated heterocycles. The van der Waals surface area contributed by atoms with Gasteiger partial charge in [0.05, 0.1) is 0 Å². The molecule has 22 heavy (non-hydrogen) atoms. The van der Waals surface area contributed by atoms with E-state index in [0.29, 0.717) is 0 Å². The number of benzene rings is 2. The highest BCUT2D eigenvalue weighted by Gasteiger charge is 2.01. The van der Waals surface area contributed by atoms with E-state index in [4.69, 9.17) is 0 Å². The van der Waals surface area contributed by atoms with Crippen LogP contribution in [0.15, 0.2) is 66.0 Å². The lowest BCUT2D eigenvalue weighted by molar-refractivity contribution is 0.688. The zero-order chi connectivity index (χ0) is 15.2. The molecule has 1 N–H and O–H groups in total. The molecule has 2 aromatic carbocycles. The van der Waals surface area contributed by atoms with Crippen LogP contribution in [0, 0.1) is 0 Å². The number of hydrogen-bond acceptors (Lipinski definition) is 2. The molecule has 2 heteroatoms. The lowest BCUT2D eigenvalue weighted by Gasteiger charge is -2.09. The molecule has 0 radical (unpaired) electrons. The summed E-state index contributed by atoms with van der Waals surface area (Å²) >= 11 is 1.79. The number of hydrogen-bond donors (Lipinski definition) is 1. The molecule has 3 aromatic rings. The largest absolute Gasteiger partial charge is 0.309 e. The molecule has 0 aliphatic carbocycles. The fourth-order valence-electron chi connectivity index (χ4n) is 2.65. The van der Waals surface area contributed by atoms with E-state index in [0.717, 1.165) is 19.5 Å². The average Bonchev–Trinajstić information content (AvgIpc) is 3.10. The highest BCUT2D eigenvalue weighted by Crippen LogP contribution is 2.24. The topological polar surface area (TPSA) is 12.0 Å². The van der Waals surface area contributed by atoms with Gasteiger partial charge in [-0.15, -0.1) is 11.3 Å². The Kier molecular flexibility index (Phi) is 5.04. The third-order valence-electron chi connectivity index (χ3n) is 3.90. The summed E-state index contributed by atoms with van der Waals surface area (Å²) < 4.78 is 0. The standard InChI is InChI=1S/C20H21NS/c1-2-17-6-3-4-7-19(17)15-21-14-16-9-11-18(12-10-16)20-8-5-13-22-20/h3-13,21H,2,14-15H2,1H3. The van der Waals surface area contributed by atoms with Crippen molar-refractivity contribution in [3.63, 3.8) is 0 Å². The van der Waals surface area contributed by atoms with E-state index in [2.05, 4.69) is 78.3 Å². The summed E-state index contributed by atoms with van der Waals surface area (Å²) in [6.45, 7) is 4.04. The zero-order valence-electron chi connectivity index (χ0n) is 12.9. The first-order chi connectivity index (χ1) is 10.9. The van der Waals surface area contributed by atoms with E-state index < -0.39 is 0 Å². The maximum Gasteiger partial charge on any atom is 0.0342 e. The Bertz CT molecular complexity index is 699. The molecule has 1 aromatic heterocycles. The van der Waals surface area contributed by atoms with Crippen LogP contribution in [0.5, 0.6) is 0 Å². The van der Waals surface area contributed by atoms with Gasteiger partial charge in [0, 0.05) is 18.0 Å². The van der Waals surface area contributed by atoms with Gasteiger partial charge in [0.25, 0.3) is 0 Å². The highest BCUT2D eigenvalue weighted by atomic mass is 32.1. The number of thiophene rings is 1. The summed E-state index contributed by atoms with van der Waals surface area (Å²) in [6.07, 6.45) is 1.09. The Hall–Kier alpha value is -1.90. The third-order valence-corrected chi connectivity index (χ3v) is 4.82. The second-order valence-electron chi connectivity index (χ2n) is 5.40.